The standard InChI is InChI=1S/C16H23N3O2/c1-16(2,3)10-19(4)9-12-11-7-5-6-8-13(11)21-14(12)15(20)18-17/h5-8H,9-10,17H2,1-4H3,(H,18,20). The van der Waals surface area contributed by atoms with Crippen molar-refractivity contribution in [2.75, 3.05) is 13.6 Å². The highest BCUT2D eigenvalue weighted by atomic mass is 16.3. The maximum absolute atomic E-state index is 11.9. The maximum Gasteiger partial charge on any atom is 0.301 e. The van der Waals surface area contributed by atoms with E-state index in [9.17, 15) is 4.79 Å². The molecular formula is C16H23N3O2. The molecule has 1 aromatic heterocycles. The van der Waals surface area contributed by atoms with Gasteiger partial charge >= 0.3 is 5.91 Å². The molecule has 0 saturated heterocycles. The molecule has 5 nitrogen and oxygen atoms in total. The van der Waals surface area contributed by atoms with Crippen LogP contribution in [0, 0.1) is 5.41 Å². The number of nitrogens with two attached hydrogens (primary N) is 1. The Morgan fingerprint density at radius 3 is 2.62 bits per heavy atom. The Morgan fingerprint density at radius 2 is 2.00 bits per heavy atom. The van der Waals surface area contributed by atoms with Gasteiger partial charge in [0.2, 0.25) is 0 Å². The van der Waals surface area contributed by atoms with Crippen molar-refractivity contribution >= 4 is 16.9 Å². The summed E-state index contributed by atoms with van der Waals surface area (Å²) in [7, 11) is 2.04. The molecule has 21 heavy (non-hydrogen) atoms. The van der Waals surface area contributed by atoms with Gasteiger partial charge in [-0.05, 0) is 18.5 Å². The summed E-state index contributed by atoms with van der Waals surface area (Å²) in [6.07, 6.45) is 0. The Balaban J connectivity index is 2.38. The number of para-hydroxylation sites is 1. The van der Waals surface area contributed by atoms with Crippen LogP contribution < -0.4 is 11.3 Å². The van der Waals surface area contributed by atoms with Gasteiger partial charge in [-0.25, -0.2) is 5.84 Å². The fourth-order valence-corrected chi connectivity index (χ4v) is 2.64. The number of nitrogens with one attached hydrogen (secondary N) is 1. The molecule has 0 aliphatic rings. The zero-order chi connectivity index (χ0) is 15.6. The van der Waals surface area contributed by atoms with Crippen LogP contribution in [0.5, 0.6) is 0 Å². The maximum atomic E-state index is 11.9. The number of hydrogen-bond acceptors (Lipinski definition) is 4. The lowest BCUT2D eigenvalue weighted by Gasteiger charge is -2.26. The van der Waals surface area contributed by atoms with E-state index in [0.29, 0.717) is 17.9 Å². The number of carbonyl (C=O) groups excluding carboxylic acids is 1. The molecule has 0 aliphatic heterocycles. The molecule has 1 heterocycles. The minimum absolute atomic E-state index is 0.185. The average molecular weight is 289 g/mol. The van der Waals surface area contributed by atoms with Crippen LogP contribution in [0.3, 0.4) is 0 Å². The van der Waals surface area contributed by atoms with E-state index in [4.69, 9.17) is 10.3 Å². The van der Waals surface area contributed by atoms with Crippen molar-refractivity contribution in [2.24, 2.45) is 11.3 Å². The number of carbonyl (C=O) groups is 1. The number of hydrazine groups is 1. The van der Waals surface area contributed by atoms with Gasteiger partial charge in [0.15, 0.2) is 5.76 Å². The van der Waals surface area contributed by atoms with Crippen LogP contribution in [-0.2, 0) is 6.54 Å². The molecule has 1 aromatic carbocycles. The van der Waals surface area contributed by atoms with Gasteiger partial charge in [-0.3, -0.25) is 10.2 Å². The summed E-state index contributed by atoms with van der Waals surface area (Å²) < 4.78 is 5.66. The van der Waals surface area contributed by atoms with Gasteiger partial charge in [0.1, 0.15) is 5.58 Å². The Hall–Kier alpha value is -1.85. The Labute approximate surface area is 125 Å². The van der Waals surface area contributed by atoms with Gasteiger partial charge in [-0.1, -0.05) is 39.0 Å². The van der Waals surface area contributed by atoms with Crippen LogP contribution in [0.4, 0.5) is 0 Å². The number of rotatable bonds is 4. The fraction of sp³-hybridized carbons (Fsp3) is 0.438. The second-order valence-electron chi connectivity index (χ2n) is 6.61. The van der Waals surface area contributed by atoms with Crippen molar-refractivity contribution < 1.29 is 9.21 Å². The molecule has 0 fully saturated rings. The van der Waals surface area contributed by atoms with E-state index < -0.39 is 5.91 Å². The monoisotopic (exact) mass is 289 g/mol. The summed E-state index contributed by atoms with van der Waals surface area (Å²) in [4.78, 5) is 14.1. The molecule has 114 valence electrons. The van der Waals surface area contributed by atoms with Crippen molar-refractivity contribution in [3.05, 3.63) is 35.6 Å². The van der Waals surface area contributed by atoms with E-state index in [2.05, 4.69) is 31.1 Å². The Morgan fingerprint density at radius 1 is 1.33 bits per heavy atom. The number of amides is 1. The van der Waals surface area contributed by atoms with Crippen LogP contribution in [-0.4, -0.2) is 24.4 Å². The molecule has 0 atom stereocenters. The molecule has 3 N–H and O–H groups in total. The van der Waals surface area contributed by atoms with Crippen LogP contribution in [0.2, 0.25) is 0 Å². The second kappa shape index (κ2) is 5.87. The highest BCUT2D eigenvalue weighted by Gasteiger charge is 2.22. The molecule has 2 aromatic rings. The SMILES string of the molecule is CN(Cc1c(C(=O)NN)oc2ccccc12)CC(C)(C)C. The minimum atomic E-state index is -0.398. The van der Waals surface area contributed by atoms with Gasteiger partial charge < -0.3 is 9.32 Å². The number of fused-ring (bicyclic) bond motifs is 1. The average Bonchev–Trinajstić information content (AvgIpc) is 2.75. The third kappa shape index (κ3) is 3.62. The largest absolute Gasteiger partial charge is 0.451 e. The van der Waals surface area contributed by atoms with E-state index in [1.807, 2.05) is 31.3 Å². The summed E-state index contributed by atoms with van der Waals surface area (Å²) in [6, 6.07) is 7.65. The summed E-state index contributed by atoms with van der Waals surface area (Å²) in [5, 5.41) is 0.955. The van der Waals surface area contributed by atoms with Crippen LogP contribution in [0.1, 0.15) is 36.9 Å². The van der Waals surface area contributed by atoms with E-state index in [1.165, 1.54) is 0 Å². The lowest BCUT2D eigenvalue weighted by atomic mass is 9.96. The minimum Gasteiger partial charge on any atom is -0.451 e. The first kappa shape index (κ1) is 15.5. The molecule has 5 heteroatoms. The van der Waals surface area contributed by atoms with E-state index in [1.54, 1.807) is 0 Å². The first-order valence-electron chi connectivity index (χ1n) is 7.02. The number of hydrogen-bond donors (Lipinski definition) is 2. The topological polar surface area (TPSA) is 71.5 Å². The van der Waals surface area contributed by atoms with Gasteiger partial charge in [0.25, 0.3) is 0 Å². The van der Waals surface area contributed by atoms with Crippen LogP contribution >= 0.6 is 0 Å². The fourth-order valence-electron chi connectivity index (χ4n) is 2.64. The van der Waals surface area contributed by atoms with Gasteiger partial charge in [-0.2, -0.15) is 0 Å². The second-order valence-corrected chi connectivity index (χ2v) is 6.61. The number of nitrogen functional groups attached to an aromatic ring is 1. The highest BCUT2D eigenvalue weighted by Crippen LogP contribution is 2.27. The van der Waals surface area contributed by atoms with E-state index in [0.717, 1.165) is 17.5 Å². The summed E-state index contributed by atoms with van der Waals surface area (Å²) in [5.74, 6) is 5.15. The molecule has 1 amide bonds. The van der Waals surface area contributed by atoms with Gasteiger partial charge in [0.05, 0.1) is 0 Å². The third-order valence-electron chi connectivity index (χ3n) is 3.21. The number of furan rings is 1. The van der Waals surface area contributed by atoms with Crippen LogP contribution in [0.25, 0.3) is 11.0 Å². The molecule has 0 saturated carbocycles. The van der Waals surface area contributed by atoms with Gasteiger partial charge in [0, 0.05) is 24.0 Å². The lowest BCUT2D eigenvalue weighted by molar-refractivity contribution is 0.0925. The zero-order valence-electron chi connectivity index (χ0n) is 13.1. The Bertz CT molecular complexity index is 640. The molecule has 0 aliphatic carbocycles. The van der Waals surface area contributed by atoms with Crippen molar-refractivity contribution in [2.45, 2.75) is 27.3 Å². The van der Waals surface area contributed by atoms with E-state index >= 15 is 0 Å². The predicted molar refractivity (Wildman–Crippen MR) is 83.7 cm³/mol. The smallest absolute Gasteiger partial charge is 0.301 e. The molecule has 0 unspecified atom stereocenters. The lowest BCUT2D eigenvalue weighted by Crippen LogP contribution is -2.32. The Kier molecular flexibility index (Phi) is 4.34. The summed E-state index contributed by atoms with van der Waals surface area (Å²) >= 11 is 0. The third-order valence-corrected chi connectivity index (χ3v) is 3.21. The number of nitrogens with zero attached hydrogens (tertiary/aromatic N) is 1. The van der Waals surface area contributed by atoms with Crippen molar-refractivity contribution in [1.29, 1.82) is 0 Å². The summed E-state index contributed by atoms with van der Waals surface area (Å²) in [5.41, 5.74) is 3.92. The molecule has 0 radical (unpaired) electrons. The van der Waals surface area contributed by atoms with Crippen molar-refractivity contribution in [3.63, 3.8) is 0 Å². The molecular weight excluding hydrogens is 266 g/mol. The number of benzene rings is 1. The van der Waals surface area contributed by atoms with Gasteiger partial charge in [-0.15, -0.1) is 0 Å². The van der Waals surface area contributed by atoms with Crippen molar-refractivity contribution in [1.82, 2.24) is 10.3 Å². The van der Waals surface area contributed by atoms with E-state index in [-0.39, 0.29) is 5.41 Å². The first-order valence-corrected chi connectivity index (χ1v) is 7.02. The van der Waals surface area contributed by atoms with Crippen molar-refractivity contribution in [3.8, 4) is 0 Å². The van der Waals surface area contributed by atoms with Crippen LogP contribution in [0.15, 0.2) is 28.7 Å². The molecule has 0 bridgehead atoms. The predicted octanol–water partition coefficient (Wildman–Crippen LogP) is 2.51. The molecule has 0 spiro atoms. The zero-order valence-corrected chi connectivity index (χ0v) is 13.1. The summed E-state index contributed by atoms with van der Waals surface area (Å²) in [6.45, 7) is 8.10. The molecule has 2 rings (SSSR count). The quantitative estimate of drug-likeness (QED) is 0.515. The first-order chi connectivity index (χ1) is 9.81. The highest BCUT2D eigenvalue weighted by molar-refractivity contribution is 5.98. The normalized spacial score (nSPS) is 12.1.